The van der Waals surface area contributed by atoms with Gasteiger partial charge in [0, 0.05) is 38.3 Å². The first-order chi connectivity index (χ1) is 13.5. The highest BCUT2D eigenvalue weighted by Crippen LogP contribution is 2.29. The van der Waals surface area contributed by atoms with Crippen molar-refractivity contribution in [3.63, 3.8) is 0 Å². The van der Waals surface area contributed by atoms with Crippen molar-refractivity contribution in [2.75, 3.05) is 6.54 Å². The van der Waals surface area contributed by atoms with Gasteiger partial charge in [0.05, 0.1) is 30.0 Å². The summed E-state index contributed by atoms with van der Waals surface area (Å²) in [6.45, 7) is 2.44. The predicted molar refractivity (Wildman–Crippen MR) is 102 cm³/mol. The molecule has 28 heavy (non-hydrogen) atoms. The highest BCUT2D eigenvalue weighted by Gasteiger charge is 2.30. The van der Waals surface area contributed by atoms with E-state index in [1.165, 1.54) is 22.9 Å². The van der Waals surface area contributed by atoms with Crippen LogP contribution in [0.5, 0.6) is 0 Å². The number of rotatable bonds is 4. The number of carbonyl (C=O) groups is 2. The van der Waals surface area contributed by atoms with E-state index in [0.29, 0.717) is 18.7 Å². The summed E-state index contributed by atoms with van der Waals surface area (Å²) >= 11 is 0. The van der Waals surface area contributed by atoms with Gasteiger partial charge in [0.2, 0.25) is 11.5 Å². The zero-order valence-corrected chi connectivity index (χ0v) is 16.1. The summed E-state index contributed by atoms with van der Waals surface area (Å²) in [6, 6.07) is 4.86. The van der Waals surface area contributed by atoms with Gasteiger partial charge < -0.3 is 14.8 Å². The maximum atomic E-state index is 12.6. The van der Waals surface area contributed by atoms with E-state index in [0.717, 1.165) is 50.2 Å². The number of fused-ring (bicyclic) bond motifs is 1. The van der Waals surface area contributed by atoms with E-state index >= 15 is 0 Å². The maximum absolute atomic E-state index is 12.6. The van der Waals surface area contributed by atoms with Gasteiger partial charge in [-0.15, -0.1) is 0 Å². The predicted octanol–water partition coefficient (Wildman–Crippen LogP) is 1.04. The Labute approximate surface area is 163 Å². The number of pyridine rings is 1. The molecule has 2 aromatic rings. The number of carbonyl (C=O) groups excluding carboxylic acids is 2. The number of aryl methyl sites for hydroxylation is 2. The Morgan fingerprint density at radius 3 is 2.75 bits per heavy atom. The molecular weight excluding hydrogens is 358 g/mol. The van der Waals surface area contributed by atoms with Gasteiger partial charge in [0.25, 0.3) is 5.91 Å². The van der Waals surface area contributed by atoms with Crippen molar-refractivity contribution in [2.45, 2.75) is 45.3 Å². The van der Waals surface area contributed by atoms with Crippen LogP contribution in [0, 0.1) is 5.92 Å². The largest absolute Gasteiger partial charge is 0.346 e. The van der Waals surface area contributed by atoms with E-state index in [2.05, 4.69) is 10.4 Å². The fraction of sp³-hybridized carbons (Fsp3) is 0.500. The molecule has 2 amide bonds. The second-order valence-electron chi connectivity index (χ2n) is 7.64. The van der Waals surface area contributed by atoms with Crippen LogP contribution in [0.4, 0.5) is 0 Å². The quantitative estimate of drug-likeness (QED) is 0.854. The summed E-state index contributed by atoms with van der Waals surface area (Å²) in [4.78, 5) is 38.3. The van der Waals surface area contributed by atoms with E-state index in [-0.39, 0.29) is 23.3 Å². The summed E-state index contributed by atoms with van der Waals surface area (Å²) in [7, 11) is 1.61. The molecule has 0 saturated heterocycles. The third-order valence-electron chi connectivity index (χ3n) is 5.61. The minimum absolute atomic E-state index is 0.157. The molecule has 4 rings (SSSR count). The Hall–Kier alpha value is -2.90. The first-order valence-electron chi connectivity index (χ1n) is 9.80. The lowest BCUT2D eigenvalue weighted by atomic mass is 9.84. The zero-order chi connectivity index (χ0) is 19.7. The van der Waals surface area contributed by atoms with Crippen molar-refractivity contribution in [2.24, 2.45) is 13.0 Å². The third-order valence-corrected chi connectivity index (χ3v) is 5.61. The smallest absolute Gasteiger partial charge is 0.253 e. The molecule has 0 spiro atoms. The van der Waals surface area contributed by atoms with Gasteiger partial charge >= 0.3 is 0 Å². The van der Waals surface area contributed by atoms with Gasteiger partial charge in [-0.3, -0.25) is 19.1 Å². The van der Waals surface area contributed by atoms with Gasteiger partial charge in [-0.1, -0.05) is 6.42 Å². The number of amides is 2. The van der Waals surface area contributed by atoms with Gasteiger partial charge in [-0.2, -0.15) is 5.10 Å². The van der Waals surface area contributed by atoms with Crippen LogP contribution in [-0.4, -0.2) is 37.6 Å². The van der Waals surface area contributed by atoms with Crippen LogP contribution in [0.2, 0.25) is 0 Å². The van der Waals surface area contributed by atoms with Crippen molar-refractivity contribution in [3.8, 4) is 0 Å². The molecular formula is C20H25N5O3. The van der Waals surface area contributed by atoms with Crippen LogP contribution >= 0.6 is 0 Å². The van der Waals surface area contributed by atoms with Crippen LogP contribution in [0.15, 0.2) is 29.2 Å². The number of nitrogens with one attached hydrogen (secondary N) is 1. The van der Waals surface area contributed by atoms with E-state index in [4.69, 9.17) is 0 Å². The van der Waals surface area contributed by atoms with E-state index < -0.39 is 0 Å². The fourth-order valence-corrected chi connectivity index (χ4v) is 3.71. The highest BCUT2D eigenvalue weighted by atomic mass is 16.2. The topological polar surface area (TPSA) is 89.2 Å². The summed E-state index contributed by atoms with van der Waals surface area (Å²) in [5, 5.41) is 7.44. The second kappa shape index (κ2) is 7.61. The first kappa shape index (κ1) is 18.5. The Bertz CT molecular complexity index is 957. The minimum atomic E-state index is -0.249. The number of nitrogens with zero attached hydrogens (tertiary/aromatic N) is 4. The molecule has 2 aliphatic rings. The van der Waals surface area contributed by atoms with Gasteiger partial charge in [-0.25, -0.2) is 0 Å². The van der Waals surface area contributed by atoms with Crippen LogP contribution in [0.1, 0.15) is 47.4 Å². The third kappa shape index (κ3) is 3.72. The van der Waals surface area contributed by atoms with Crippen LogP contribution in [-0.2, 0) is 31.5 Å². The van der Waals surface area contributed by atoms with E-state index in [9.17, 15) is 14.4 Å². The second-order valence-corrected chi connectivity index (χ2v) is 7.64. The summed E-state index contributed by atoms with van der Waals surface area (Å²) in [5.41, 5.74) is 2.05. The van der Waals surface area contributed by atoms with Gasteiger partial charge in [0.15, 0.2) is 0 Å². The Morgan fingerprint density at radius 2 is 2.04 bits per heavy atom. The van der Waals surface area contributed by atoms with Crippen molar-refractivity contribution in [1.29, 1.82) is 0 Å². The minimum Gasteiger partial charge on any atom is -0.346 e. The molecule has 148 valence electrons. The number of hydrogen-bond acceptors (Lipinski definition) is 4. The number of hydrogen-bond donors (Lipinski definition) is 1. The molecule has 2 aromatic heterocycles. The lowest BCUT2D eigenvalue weighted by Gasteiger charge is -2.30. The first-order valence-corrected chi connectivity index (χ1v) is 9.80. The number of aromatic nitrogens is 3. The molecule has 1 aliphatic heterocycles. The maximum Gasteiger partial charge on any atom is 0.253 e. The van der Waals surface area contributed by atoms with Crippen LogP contribution < -0.4 is 10.9 Å². The van der Waals surface area contributed by atoms with E-state index in [1.54, 1.807) is 7.05 Å². The SMILES string of the molecule is Cn1cc(C(=O)NCc2cc3n(n2)CCCN(C(=O)C2CCC2)C3)ccc1=O. The van der Waals surface area contributed by atoms with Crippen molar-refractivity contribution in [3.05, 3.63) is 51.7 Å². The normalized spacial score (nSPS) is 16.8. The standard InChI is InChI=1S/C20H25N5O3/c1-23-12-15(6-7-18(23)26)19(27)21-11-16-10-17-13-24(8-3-9-25(17)22-16)20(28)14-4-2-5-14/h6-7,10,12,14H,2-5,8-9,11,13H2,1H3,(H,21,27). The Morgan fingerprint density at radius 1 is 1.21 bits per heavy atom. The molecule has 1 saturated carbocycles. The van der Waals surface area contributed by atoms with Gasteiger partial charge in [-0.05, 0) is 31.4 Å². The molecule has 8 heteroatoms. The molecule has 0 atom stereocenters. The molecule has 0 bridgehead atoms. The molecule has 1 N–H and O–H groups in total. The van der Waals surface area contributed by atoms with Crippen LogP contribution in [0.25, 0.3) is 0 Å². The summed E-state index contributed by atoms with van der Waals surface area (Å²) in [6.07, 6.45) is 5.58. The Kier molecular flexibility index (Phi) is 5.02. The molecule has 1 aliphatic carbocycles. The lowest BCUT2D eigenvalue weighted by molar-refractivity contribution is -0.138. The molecule has 0 unspecified atom stereocenters. The average molecular weight is 383 g/mol. The molecule has 8 nitrogen and oxygen atoms in total. The summed E-state index contributed by atoms with van der Waals surface area (Å²) in [5.74, 6) is 0.223. The molecule has 0 aromatic carbocycles. The zero-order valence-electron chi connectivity index (χ0n) is 16.1. The molecule has 3 heterocycles. The van der Waals surface area contributed by atoms with Gasteiger partial charge in [0.1, 0.15) is 0 Å². The van der Waals surface area contributed by atoms with Crippen molar-refractivity contribution >= 4 is 11.8 Å². The van der Waals surface area contributed by atoms with Crippen molar-refractivity contribution in [1.82, 2.24) is 24.6 Å². The molecule has 1 fully saturated rings. The molecule has 0 radical (unpaired) electrons. The van der Waals surface area contributed by atoms with E-state index in [1.807, 2.05) is 15.6 Å². The highest BCUT2D eigenvalue weighted by molar-refractivity contribution is 5.93. The fourth-order valence-electron chi connectivity index (χ4n) is 3.71. The summed E-state index contributed by atoms with van der Waals surface area (Å²) < 4.78 is 3.32. The Balaban J connectivity index is 1.40. The monoisotopic (exact) mass is 383 g/mol. The van der Waals surface area contributed by atoms with Crippen molar-refractivity contribution < 1.29 is 9.59 Å². The average Bonchev–Trinajstić information content (AvgIpc) is 2.90. The lowest BCUT2D eigenvalue weighted by Crippen LogP contribution is -2.38. The van der Waals surface area contributed by atoms with Crippen LogP contribution in [0.3, 0.4) is 0 Å².